The quantitative estimate of drug-likeness (QED) is 0.594. The molecule has 0 amide bonds. The summed E-state index contributed by atoms with van der Waals surface area (Å²) in [6.07, 6.45) is 3.86. The number of para-hydroxylation sites is 2. The number of carbonyl (C=O) groups is 1. The Morgan fingerprint density at radius 3 is 2.60 bits per heavy atom. The monoisotopic (exact) mass is 338 g/mol. The number of esters is 1. The number of fused-ring (bicyclic) bond motifs is 1. The van der Waals surface area contributed by atoms with Gasteiger partial charge in [0.25, 0.3) is 0 Å². The Bertz CT molecular complexity index is 794. The molecule has 1 atom stereocenters. The smallest absolute Gasteiger partial charge is 0.329 e. The van der Waals surface area contributed by atoms with Crippen LogP contribution in [0.25, 0.3) is 11.0 Å². The summed E-state index contributed by atoms with van der Waals surface area (Å²) in [5, 5.41) is 9.61. The summed E-state index contributed by atoms with van der Waals surface area (Å²) in [6.45, 7) is 4.08. The summed E-state index contributed by atoms with van der Waals surface area (Å²) >= 11 is 0. The molecule has 1 aliphatic heterocycles. The molecule has 0 unspecified atom stereocenters. The molecule has 1 fully saturated rings. The second-order valence-electron chi connectivity index (χ2n) is 6.20. The fourth-order valence-electron chi connectivity index (χ4n) is 2.99. The number of nitriles is 1. The predicted octanol–water partition coefficient (Wildman–Crippen LogP) is 3.18. The molecule has 0 aliphatic carbocycles. The molecular formula is C19H22N4O2. The highest BCUT2D eigenvalue weighted by Crippen LogP contribution is 2.30. The SMILES string of the molecule is CCCCOC(=O)[C@H](C#N)c1nc2ccccc2nc1N1CCCC1. The number of benzene rings is 1. The highest BCUT2D eigenvalue weighted by Gasteiger charge is 2.30. The van der Waals surface area contributed by atoms with E-state index < -0.39 is 11.9 Å². The maximum absolute atomic E-state index is 12.4. The van der Waals surface area contributed by atoms with Crippen LogP contribution in [0.5, 0.6) is 0 Å². The van der Waals surface area contributed by atoms with Gasteiger partial charge in [0.15, 0.2) is 11.7 Å². The van der Waals surface area contributed by atoms with Crippen molar-refractivity contribution >= 4 is 22.8 Å². The molecular weight excluding hydrogens is 316 g/mol. The zero-order valence-corrected chi connectivity index (χ0v) is 14.4. The Kier molecular flexibility index (Phi) is 5.44. The zero-order chi connectivity index (χ0) is 17.6. The molecule has 1 aliphatic rings. The summed E-state index contributed by atoms with van der Waals surface area (Å²) in [7, 11) is 0. The van der Waals surface area contributed by atoms with Gasteiger partial charge in [0.1, 0.15) is 5.69 Å². The van der Waals surface area contributed by atoms with Gasteiger partial charge in [-0.2, -0.15) is 5.26 Å². The zero-order valence-electron chi connectivity index (χ0n) is 14.4. The summed E-state index contributed by atoms with van der Waals surface area (Å²) < 4.78 is 5.27. The first kappa shape index (κ1) is 17.2. The maximum atomic E-state index is 12.4. The topological polar surface area (TPSA) is 79.1 Å². The minimum atomic E-state index is -1.05. The Morgan fingerprint density at radius 2 is 1.96 bits per heavy atom. The minimum absolute atomic E-state index is 0.327. The van der Waals surface area contributed by atoms with Crippen LogP contribution in [0.2, 0.25) is 0 Å². The largest absolute Gasteiger partial charge is 0.464 e. The number of ether oxygens (including phenoxy) is 1. The van der Waals surface area contributed by atoms with Crippen molar-refractivity contribution in [1.82, 2.24) is 9.97 Å². The van der Waals surface area contributed by atoms with Gasteiger partial charge in [-0.25, -0.2) is 9.97 Å². The standard InChI is InChI=1S/C19H22N4O2/c1-2-3-12-25-19(24)14(13-20)17-18(23-10-6-7-11-23)22-16-9-5-4-8-15(16)21-17/h4-5,8-9,14H,2-3,6-7,10-12H2,1H3/t14-/m1/s1. The predicted molar refractivity (Wildman–Crippen MR) is 95.2 cm³/mol. The van der Waals surface area contributed by atoms with Gasteiger partial charge in [-0.3, -0.25) is 4.79 Å². The van der Waals surface area contributed by atoms with Gasteiger partial charge in [0.2, 0.25) is 0 Å². The molecule has 0 radical (unpaired) electrons. The molecule has 1 aromatic heterocycles. The Morgan fingerprint density at radius 1 is 1.28 bits per heavy atom. The van der Waals surface area contributed by atoms with Crippen molar-refractivity contribution in [3.05, 3.63) is 30.0 Å². The van der Waals surface area contributed by atoms with E-state index in [9.17, 15) is 10.1 Å². The summed E-state index contributed by atoms with van der Waals surface area (Å²) in [5.41, 5.74) is 1.86. The van der Waals surface area contributed by atoms with Crippen LogP contribution in [-0.2, 0) is 9.53 Å². The van der Waals surface area contributed by atoms with Crippen LogP contribution in [-0.4, -0.2) is 35.6 Å². The fourth-order valence-corrected chi connectivity index (χ4v) is 2.99. The van der Waals surface area contributed by atoms with E-state index in [4.69, 9.17) is 9.72 Å². The van der Waals surface area contributed by atoms with Gasteiger partial charge in [-0.05, 0) is 31.4 Å². The third-order valence-electron chi connectivity index (χ3n) is 4.36. The maximum Gasteiger partial charge on any atom is 0.329 e. The molecule has 0 saturated carbocycles. The van der Waals surface area contributed by atoms with Crippen molar-refractivity contribution in [2.24, 2.45) is 0 Å². The van der Waals surface area contributed by atoms with Crippen LogP contribution in [0, 0.1) is 11.3 Å². The van der Waals surface area contributed by atoms with Crippen LogP contribution in [0.3, 0.4) is 0 Å². The number of hydrogen-bond acceptors (Lipinski definition) is 6. The first-order valence-electron chi connectivity index (χ1n) is 8.82. The van der Waals surface area contributed by atoms with E-state index in [-0.39, 0.29) is 0 Å². The summed E-state index contributed by atoms with van der Waals surface area (Å²) in [6, 6.07) is 9.59. The van der Waals surface area contributed by atoms with E-state index in [0.717, 1.165) is 44.3 Å². The highest BCUT2D eigenvalue weighted by molar-refractivity contribution is 5.85. The minimum Gasteiger partial charge on any atom is -0.464 e. The molecule has 2 aromatic rings. The third-order valence-corrected chi connectivity index (χ3v) is 4.36. The number of nitrogens with zero attached hydrogens (tertiary/aromatic N) is 4. The molecule has 0 N–H and O–H groups in total. The van der Waals surface area contributed by atoms with Crippen LogP contribution in [0.15, 0.2) is 24.3 Å². The van der Waals surface area contributed by atoms with Gasteiger partial charge >= 0.3 is 5.97 Å². The van der Waals surface area contributed by atoms with E-state index in [0.29, 0.717) is 23.6 Å². The lowest BCUT2D eigenvalue weighted by molar-refractivity contribution is -0.144. The Balaban J connectivity index is 2.00. The van der Waals surface area contributed by atoms with Gasteiger partial charge in [-0.1, -0.05) is 25.5 Å². The normalized spacial score (nSPS) is 15.1. The van der Waals surface area contributed by atoms with Crippen LogP contribution in [0.1, 0.15) is 44.2 Å². The molecule has 0 spiro atoms. The molecule has 6 nitrogen and oxygen atoms in total. The Hall–Kier alpha value is -2.68. The van der Waals surface area contributed by atoms with Gasteiger partial charge in [-0.15, -0.1) is 0 Å². The van der Waals surface area contributed by atoms with Crippen molar-refractivity contribution in [2.75, 3.05) is 24.6 Å². The van der Waals surface area contributed by atoms with E-state index in [1.54, 1.807) is 0 Å². The Labute approximate surface area is 147 Å². The number of aromatic nitrogens is 2. The van der Waals surface area contributed by atoms with Crippen LogP contribution in [0.4, 0.5) is 5.82 Å². The van der Waals surface area contributed by atoms with E-state index in [1.165, 1.54) is 0 Å². The van der Waals surface area contributed by atoms with Crippen LogP contribution < -0.4 is 4.90 Å². The lowest BCUT2D eigenvalue weighted by Gasteiger charge is -2.21. The van der Waals surface area contributed by atoms with E-state index in [1.807, 2.05) is 31.2 Å². The summed E-state index contributed by atoms with van der Waals surface area (Å²) in [4.78, 5) is 23.9. The number of carbonyl (C=O) groups excluding carboxylic acids is 1. The number of unbranched alkanes of at least 4 members (excludes halogenated alkanes) is 1. The van der Waals surface area contributed by atoms with Crippen molar-refractivity contribution in [1.29, 1.82) is 5.26 Å². The molecule has 0 bridgehead atoms. The molecule has 25 heavy (non-hydrogen) atoms. The average Bonchev–Trinajstić information content (AvgIpc) is 3.16. The second-order valence-corrected chi connectivity index (χ2v) is 6.20. The average molecular weight is 338 g/mol. The highest BCUT2D eigenvalue weighted by atomic mass is 16.5. The van der Waals surface area contributed by atoms with Crippen molar-refractivity contribution in [2.45, 2.75) is 38.5 Å². The molecule has 6 heteroatoms. The first-order chi connectivity index (χ1) is 12.2. The number of anilines is 1. The van der Waals surface area contributed by atoms with Gasteiger partial charge < -0.3 is 9.64 Å². The van der Waals surface area contributed by atoms with Crippen molar-refractivity contribution < 1.29 is 9.53 Å². The summed E-state index contributed by atoms with van der Waals surface area (Å²) in [5.74, 6) is -0.958. The second kappa shape index (κ2) is 7.93. The number of rotatable bonds is 6. The lowest BCUT2D eigenvalue weighted by Crippen LogP contribution is -2.25. The van der Waals surface area contributed by atoms with E-state index in [2.05, 4.69) is 16.0 Å². The third kappa shape index (κ3) is 3.71. The van der Waals surface area contributed by atoms with E-state index >= 15 is 0 Å². The van der Waals surface area contributed by atoms with Crippen molar-refractivity contribution in [3.8, 4) is 6.07 Å². The van der Waals surface area contributed by atoms with Gasteiger partial charge in [0, 0.05) is 13.1 Å². The molecule has 3 rings (SSSR count). The van der Waals surface area contributed by atoms with Crippen molar-refractivity contribution in [3.63, 3.8) is 0 Å². The first-order valence-corrected chi connectivity index (χ1v) is 8.82. The van der Waals surface area contributed by atoms with Gasteiger partial charge in [0.05, 0.1) is 23.7 Å². The molecule has 2 heterocycles. The lowest BCUT2D eigenvalue weighted by atomic mass is 10.1. The number of hydrogen-bond donors (Lipinski definition) is 0. The van der Waals surface area contributed by atoms with Crippen LogP contribution >= 0.6 is 0 Å². The fraction of sp³-hybridized carbons (Fsp3) is 0.474. The molecule has 130 valence electrons. The molecule has 1 saturated heterocycles. The molecule has 1 aromatic carbocycles.